The van der Waals surface area contributed by atoms with Gasteiger partial charge in [-0.1, -0.05) is 26.0 Å². The molecule has 2 aromatic heterocycles. The van der Waals surface area contributed by atoms with Crippen molar-refractivity contribution in [3.05, 3.63) is 59.3 Å². The highest BCUT2D eigenvalue weighted by molar-refractivity contribution is 5.97. The van der Waals surface area contributed by atoms with E-state index in [1.807, 2.05) is 9.42 Å². The van der Waals surface area contributed by atoms with Crippen molar-refractivity contribution in [2.75, 3.05) is 50.8 Å². The lowest BCUT2D eigenvalue weighted by atomic mass is 9.90. The number of nitrogens with zero attached hydrogens (tertiary/aromatic N) is 6. The highest BCUT2D eigenvalue weighted by Gasteiger charge is 2.42. The molecule has 3 aliphatic heterocycles. The van der Waals surface area contributed by atoms with Gasteiger partial charge in [-0.2, -0.15) is 5.10 Å². The van der Waals surface area contributed by atoms with Crippen molar-refractivity contribution in [3.8, 4) is 0 Å². The van der Waals surface area contributed by atoms with Gasteiger partial charge in [0.25, 0.3) is 0 Å². The van der Waals surface area contributed by atoms with Crippen LogP contribution in [0.1, 0.15) is 51.4 Å². The van der Waals surface area contributed by atoms with E-state index in [2.05, 4.69) is 65.9 Å². The van der Waals surface area contributed by atoms with Gasteiger partial charge < -0.3 is 15.0 Å². The van der Waals surface area contributed by atoms with E-state index >= 15 is 0 Å². The molecule has 4 atom stereocenters. The number of hydrogen-bond acceptors (Lipinski definition) is 7. The Balaban J connectivity index is 1.27. The number of aromatic nitrogens is 3. The van der Waals surface area contributed by atoms with E-state index in [9.17, 15) is 9.18 Å². The van der Waals surface area contributed by atoms with E-state index in [1.165, 1.54) is 12.1 Å². The number of nitrogens with one attached hydrogen (secondary N) is 1. The zero-order valence-electron chi connectivity index (χ0n) is 24.8. The van der Waals surface area contributed by atoms with Crippen molar-refractivity contribution >= 4 is 17.2 Å². The third-order valence-electron chi connectivity index (χ3n) is 8.94. The molecule has 5 heterocycles. The van der Waals surface area contributed by atoms with Crippen LogP contribution in [0.25, 0.3) is 5.65 Å². The lowest BCUT2D eigenvalue weighted by Gasteiger charge is -2.44. The van der Waals surface area contributed by atoms with E-state index in [0.717, 1.165) is 60.9 Å². The molecular formula is C31H42FN7O2. The molecule has 0 radical (unpaired) electrons. The number of halogens is 1. The number of benzene rings is 1. The molecule has 10 heteroatoms. The Labute approximate surface area is 241 Å². The standard InChI is InChI=1S/C31H42FN7O2/c1-20-13-37(26(12-33-20)15-36-14-22(3)41-17-21(36)2)16-28(40)38-18-31(4,5)29-27(38)11-24(30-34-19-35-39(29)30)10-23-6-8-25(32)9-7-23/h6-9,11,19-22,26,33H,10,12-18H2,1-5H3/t20-,21-,22+,26-/m1/s1. The van der Waals surface area contributed by atoms with Crippen molar-refractivity contribution in [2.24, 2.45) is 0 Å². The third kappa shape index (κ3) is 5.62. The lowest BCUT2D eigenvalue weighted by molar-refractivity contribution is -0.121. The highest BCUT2D eigenvalue weighted by Crippen LogP contribution is 2.42. The molecule has 0 unspecified atom stereocenters. The summed E-state index contributed by atoms with van der Waals surface area (Å²) in [5, 5.41) is 8.22. The number of carbonyl (C=O) groups excluding carboxylic acids is 1. The van der Waals surface area contributed by atoms with E-state index in [-0.39, 0.29) is 29.3 Å². The van der Waals surface area contributed by atoms with Crippen LogP contribution in [-0.4, -0.2) is 100 Å². The normalized spacial score (nSPS) is 26.9. The Morgan fingerprint density at radius 2 is 1.93 bits per heavy atom. The summed E-state index contributed by atoms with van der Waals surface area (Å²) in [5.74, 6) is -0.154. The van der Waals surface area contributed by atoms with Gasteiger partial charge in [0.05, 0.1) is 30.6 Å². The minimum absolute atomic E-state index is 0.103. The van der Waals surface area contributed by atoms with Crippen molar-refractivity contribution < 1.29 is 13.9 Å². The first-order valence-electron chi connectivity index (χ1n) is 14.8. The fourth-order valence-corrected chi connectivity index (χ4v) is 6.76. The van der Waals surface area contributed by atoms with Crippen LogP contribution in [0, 0.1) is 5.82 Å². The van der Waals surface area contributed by atoms with Crippen LogP contribution in [0.2, 0.25) is 0 Å². The largest absolute Gasteiger partial charge is 0.376 e. The topological polar surface area (TPSA) is 78.2 Å². The third-order valence-corrected chi connectivity index (χ3v) is 8.94. The molecule has 0 spiro atoms. The summed E-state index contributed by atoms with van der Waals surface area (Å²) in [6, 6.07) is 9.57. The van der Waals surface area contributed by atoms with E-state index < -0.39 is 0 Å². The van der Waals surface area contributed by atoms with Gasteiger partial charge >= 0.3 is 0 Å². The Bertz CT molecular complexity index is 1410. The van der Waals surface area contributed by atoms with Crippen molar-refractivity contribution in [1.29, 1.82) is 0 Å². The maximum absolute atomic E-state index is 14.1. The molecule has 3 aromatic rings. The number of fused-ring (bicyclic) bond motifs is 3. The lowest BCUT2D eigenvalue weighted by Crippen LogP contribution is -2.62. The van der Waals surface area contributed by atoms with Gasteiger partial charge in [-0.3, -0.25) is 14.6 Å². The fourth-order valence-electron chi connectivity index (χ4n) is 6.76. The van der Waals surface area contributed by atoms with Crippen LogP contribution in [-0.2, 0) is 21.4 Å². The van der Waals surface area contributed by atoms with E-state index in [4.69, 9.17) is 4.74 Å². The van der Waals surface area contributed by atoms with Crippen LogP contribution in [0.5, 0.6) is 0 Å². The first-order chi connectivity index (χ1) is 19.6. The summed E-state index contributed by atoms with van der Waals surface area (Å²) in [5.41, 5.74) is 4.33. The minimum Gasteiger partial charge on any atom is -0.376 e. The molecular weight excluding hydrogens is 521 g/mol. The van der Waals surface area contributed by atoms with Crippen LogP contribution >= 0.6 is 0 Å². The van der Waals surface area contributed by atoms with Gasteiger partial charge in [-0.15, -0.1) is 0 Å². The summed E-state index contributed by atoms with van der Waals surface area (Å²) >= 11 is 0. The molecule has 9 nitrogen and oxygen atoms in total. The summed E-state index contributed by atoms with van der Waals surface area (Å²) in [7, 11) is 0. The molecule has 0 saturated carbocycles. The van der Waals surface area contributed by atoms with Gasteiger partial charge in [0.15, 0.2) is 5.65 Å². The van der Waals surface area contributed by atoms with Crippen LogP contribution < -0.4 is 10.2 Å². The summed E-state index contributed by atoms with van der Waals surface area (Å²) < 4.78 is 21.3. The van der Waals surface area contributed by atoms with Crippen LogP contribution in [0.4, 0.5) is 10.1 Å². The van der Waals surface area contributed by atoms with Gasteiger partial charge in [-0.05, 0) is 44.5 Å². The second-order valence-electron chi connectivity index (χ2n) is 12.9. The number of amides is 1. The van der Waals surface area contributed by atoms with Gasteiger partial charge in [-0.25, -0.2) is 13.9 Å². The Morgan fingerprint density at radius 1 is 1.15 bits per heavy atom. The minimum atomic E-state index is -0.291. The second-order valence-corrected chi connectivity index (χ2v) is 12.9. The van der Waals surface area contributed by atoms with Crippen LogP contribution in [0.15, 0.2) is 36.7 Å². The predicted molar refractivity (Wildman–Crippen MR) is 157 cm³/mol. The van der Waals surface area contributed by atoms with Gasteiger partial charge in [0.1, 0.15) is 12.1 Å². The number of morpholine rings is 1. The maximum atomic E-state index is 14.1. The summed E-state index contributed by atoms with van der Waals surface area (Å²) in [6.45, 7) is 16.1. The monoisotopic (exact) mass is 563 g/mol. The van der Waals surface area contributed by atoms with E-state index in [0.29, 0.717) is 31.6 Å². The Hall–Kier alpha value is -2.92. The quantitative estimate of drug-likeness (QED) is 0.494. The Kier molecular flexibility index (Phi) is 7.61. The van der Waals surface area contributed by atoms with Crippen molar-refractivity contribution in [2.45, 2.75) is 70.7 Å². The first kappa shape index (κ1) is 28.2. The molecule has 1 N–H and O–H groups in total. The SMILES string of the molecule is C[C@@H]1CN(CC(=O)N2CC(C)(C)c3c2cc(Cc2ccc(F)cc2)c2ncnn32)[C@@H](CN2C[C@H](C)OC[C@H]2C)CN1. The molecule has 0 aliphatic carbocycles. The fraction of sp³-hybridized carbons (Fsp3) is 0.581. The van der Waals surface area contributed by atoms with Gasteiger partial charge in [0.2, 0.25) is 5.91 Å². The second kappa shape index (κ2) is 11.1. The maximum Gasteiger partial charge on any atom is 0.241 e. The van der Waals surface area contributed by atoms with E-state index in [1.54, 1.807) is 18.5 Å². The molecule has 1 amide bonds. The molecule has 2 saturated heterocycles. The van der Waals surface area contributed by atoms with Gasteiger partial charge in [0, 0.05) is 68.2 Å². The Morgan fingerprint density at radius 3 is 2.71 bits per heavy atom. The molecule has 2 fully saturated rings. The molecule has 41 heavy (non-hydrogen) atoms. The predicted octanol–water partition coefficient (Wildman–Crippen LogP) is 2.85. The highest BCUT2D eigenvalue weighted by atomic mass is 19.1. The molecule has 1 aromatic carbocycles. The summed E-state index contributed by atoms with van der Waals surface area (Å²) in [6.07, 6.45) is 2.37. The average Bonchev–Trinajstić information content (AvgIpc) is 3.51. The number of hydrogen-bond donors (Lipinski definition) is 1. The summed E-state index contributed by atoms with van der Waals surface area (Å²) in [4.78, 5) is 25.5. The molecule has 6 rings (SSSR count). The number of pyridine rings is 1. The van der Waals surface area contributed by atoms with Crippen LogP contribution in [0.3, 0.4) is 0 Å². The number of anilines is 1. The zero-order valence-corrected chi connectivity index (χ0v) is 24.8. The van der Waals surface area contributed by atoms with Crippen molar-refractivity contribution in [1.82, 2.24) is 29.7 Å². The smallest absolute Gasteiger partial charge is 0.241 e. The number of carbonyl (C=O) groups is 1. The zero-order chi connectivity index (χ0) is 28.9. The molecule has 0 bridgehead atoms. The molecule has 3 aliphatic rings. The molecule has 220 valence electrons. The number of piperazine rings is 1. The van der Waals surface area contributed by atoms with Crippen molar-refractivity contribution in [3.63, 3.8) is 0 Å². The average molecular weight is 564 g/mol. The number of ether oxygens (including phenoxy) is 1. The first-order valence-corrected chi connectivity index (χ1v) is 14.8. The number of rotatable bonds is 6.